The van der Waals surface area contributed by atoms with Gasteiger partial charge in [0.2, 0.25) is 0 Å². The molecule has 0 spiro atoms. The molecule has 9 heteroatoms. The molecule has 33 heavy (non-hydrogen) atoms. The quantitative estimate of drug-likeness (QED) is 0.414. The van der Waals surface area contributed by atoms with E-state index in [9.17, 15) is 10.2 Å². The third kappa shape index (κ3) is 9.20. The van der Waals surface area contributed by atoms with Gasteiger partial charge in [-0.05, 0) is 56.3 Å². The van der Waals surface area contributed by atoms with Crippen molar-refractivity contribution >= 4 is 23.2 Å². The third-order valence-corrected chi connectivity index (χ3v) is 5.90. The van der Waals surface area contributed by atoms with Crippen LogP contribution in [0.25, 0.3) is 0 Å². The fraction of sp³-hybridized carbons (Fsp3) is 0.500. The van der Waals surface area contributed by atoms with Crippen molar-refractivity contribution in [2.75, 3.05) is 46.5 Å². The monoisotopic (exact) mass is 498 g/mol. The predicted octanol–water partition coefficient (Wildman–Crippen LogP) is 3.24. The number of aliphatic hydroxyl groups excluding tert-OH is 2. The van der Waals surface area contributed by atoms with E-state index in [1.807, 2.05) is 18.2 Å². The van der Waals surface area contributed by atoms with E-state index in [-0.39, 0.29) is 13.2 Å². The average molecular weight is 499 g/mol. The molecular formula is C24H32Cl2N2O5. The molecule has 0 amide bonds. The van der Waals surface area contributed by atoms with Crippen molar-refractivity contribution in [3.63, 3.8) is 0 Å². The van der Waals surface area contributed by atoms with E-state index in [1.165, 1.54) is 0 Å². The second kappa shape index (κ2) is 13.2. The molecule has 1 fully saturated rings. The van der Waals surface area contributed by atoms with Crippen LogP contribution in [0.5, 0.6) is 17.2 Å². The van der Waals surface area contributed by atoms with Gasteiger partial charge < -0.3 is 34.6 Å². The number of ether oxygens (including phenoxy) is 3. The van der Waals surface area contributed by atoms with Crippen molar-refractivity contribution in [1.29, 1.82) is 0 Å². The first kappa shape index (κ1) is 25.9. The number of hydrogen-bond donors (Lipinski definition) is 3. The van der Waals surface area contributed by atoms with E-state index in [2.05, 4.69) is 10.2 Å². The Bertz CT molecular complexity index is 844. The van der Waals surface area contributed by atoms with Crippen molar-refractivity contribution in [3.8, 4) is 17.2 Å². The lowest BCUT2D eigenvalue weighted by Gasteiger charge is -2.33. The SMILES string of the molecule is COc1cccc(OC[C@H](O)CNC2CCN(C[C@H](O)COc3cc(Cl)cc(Cl)c3)CC2)c1. The summed E-state index contributed by atoms with van der Waals surface area (Å²) >= 11 is 11.9. The molecular weight excluding hydrogens is 467 g/mol. The predicted molar refractivity (Wildman–Crippen MR) is 130 cm³/mol. The Hall–Kier alpha value is -1.74. The van der Waals surface area contributed by atoms with Gasteiger partial charge in [-0.2, -0.15) is 0 Å². The highest BCUT2D eigenvalue weighted by Gasteiger charge is 2.21. The molecule has 2 aromatic carbocycles. The summed E-state index contributed by atoms with van der Waals surface area (Å²) in [6, 6.07) is 12.6. The highest BCUT2D eigenvalue weighted by atomic mass is 35.5. The summed E-state index contributed by atoms with van der Waals surface area (Å²) in [5.41, 5.74) is 0. The fourth-order valence-electron chi connectivity index (χ4n) is 3.72. The maximum atomic E-state index is 10.3. The van der Waals surface area contributed by atoms with Gasteiger partial charge in [-0.3, -0.25) is 0 Å². The summed E-state index contributed by atoms with van der Waals surface area (Å²) < 4.78 is 16.4. The van der Waals surface area contributed by atoms with E-state index in [0.29, 0.717) is 40.7 Å². The van der Waals surface area contributed by atoms with Crippen molar-refractivity contribution in [1.82, 2.24) is 10.2 Å². The minimum absolute atomic E-state index is 0.175. The minimum atomic E-state index is -0.608. The van der Waals surface area contributed by atoms with Crippen LogP contribution in [-0.2, 0) is 0 Å². The summed E-state index contributed by atoms with van der Waals surface area (Å²) in [7, 11) is 1.61. The number of benzene rings is 2. The number of piperidine rings is 1. The Labute approximate surface area is 205 Å². The Morgan fingerprint density at radius 2 is 1.58 bits per heavy atom. The molecule has 0 saturated carbocycles. The molecule has 3 rings (SSSR count). The van der Waals surface area contributed by atoms with Crippen molar-refractivity contribution < 1.29 is 24.4 Å². The maximum absolute atomic E-state index is 10.3. The first-order valence-electron chi connectivity index (χ1n) is 11.1. The summed E-state index contributed by atoms with van der Waals surface area (Å²) in [5.74, 6) is 1.93. The third-order valence-electron chi connectivity index (χ3n) is 5.46. The van der Waals surface area contributed by atoms with Crippen LogP contribution in [0, 0.1) is 0 Å². The molecule has 1 saturated heterocycles. The molecule has 182 valence electrons. The zero-order valence-corrected chi connectivity index (χ0v) is 20.3. The summed E-state index contributed by atoms with van der Waals surface area (Å²) in [4.78, 5) is 2.22. The number of aliphatic hydroxyl groups is 2. The highest BCUT2D eigenvalue weighted by molar-refractivity contribution is 6.34. The Balaban J connectivity index is 1.29. The minimum Gasteiger partial charge on any atom is -0.497 e. The van der Waals surface area contributed by atoms with Crippen molar-refractivity contribution in [3.05, 3.63) is 52.5 Å². The van der Waals surface area contributed by atoms with Crippen LogP contribution in [-0.4, -0.2) is 79.9 Å². The number of nitrogens with one attached hydrogen (secondary N) is 1. The Kier molecular flexibility index (Phi) is 10.4. The molecule has 1 heterocycles. The number of likely N-dealkylation sites (tertiary alicyclic amines) is 1. The van der Waals surface area contributed by atoms with Crippen molar-refractivity contribution in [2.45, 2.75) is 31.1 Å². The largest absolute Gasteiger partial charge is 0.497 e. The summed E-state index contributed by atoms with van der Waals surface area (Å²) in [6.07, 6.45) is 0.679. The van der Waals surface area contributed by atoms with E-state index < -0.39 is 12.2 Å². The fourth-order valence-corrected chi connectivity index (χ4v) is 4.23. The second-order valence-corrected chi connectivity index (χ2v) is 9.07. The van der Waals surface area contributed by atoms with Gasteiger partial charge in [0.1, 0.15) is 42.7 Å². The van der Waals surface area contributed by atoms with E-state index >= 15 is 0 Å². The zero-order valence-electron chi connectivity index (χ0n) is 18.8. The van der Waals surface area contributed by atoms with Gasteiger partial charge in [-0.15, -0.1) is 0 Å². The van der Waals surface area contributed by atoms with Gasteiger partial charge in [0.15, 0.2) is 0 Å². The lowest BCUT2D eigenvalue weighted by Crippen LogP contribution is -2.47. The van der Waals surface area contributed by atoms with Gasteiger partial charge in [0.25, 0.3) is 0 Å². The van der Waals surface area contributed by atoms with E-state index in [1.54, 1.807) is 31.4 Å². The number of hydrogen-bond acceptors (Lipinski definition) is 7. The molecule has 3 N–H and O–H groups in total. The zero-order chi connectivity index (χ0) is 23.6. The first-order valence-corrected chi connectivity index (χ1v) is 11.8. The standard InChI is InChI=1S/C24H32Cl2N2O5/c1-31-22-3-2-4-23(12-22)32-15-20(29)13-27-19-5-7-28(8-6-19)14-21(30)16-33-24-10-17(25)9-18(26)11-24/h2-4,9-12,19-21,27,29-30H,5-8,13-16H2,1H3/t20-,21+/m1/s1. The van der Waals surface area contributed by atoms with Gasteiger partial charge in [0.05, 0.1) is 7.11 Å². The topological polar surface area (TPSA) is 83.4 Å². The van der Waals surface area contributed by atoms with Gasteiger partial charge >= 0.3 is 0 Å². The lowest BCUT2D eigenvalue weighted by molar-refractivity contribution is 0.0556. The van der Waals surface area contributed by atoms with Crippen molar-refractivity contribution in [2.24, 2.45) is 0 Å². The maximum Gasteiger partial charge on any atom is 0.123 e. The Morgan fingerprint density at radius 1 is 0.939 bits per heavy atom. The summed E-state index contributed by atoms with van der Waals surface area (Å²) in [5, 5.41) is 25.0. The highest BCUT2D eigenvalue weighted by Crippen LogP contribution is 2.24. The summed E-state index contributed by atoms with van der Waals surface area (Å²) in [6.45, 7) is 3.13. The number of methoxy groups -OCH3 is 1. The van der Waals surface area contributed by atoms with Crippen LogP contribution in [0.3, 0.4) is 0 Å². The van der Waals surface area contributed by atoms with Crippen LogP contribution < -0.4 is 19.5 Å². The lowest BCUT2D eigenvalue weighted by atomic mass is 10.0. The van der Waals surface area contributed by atoms with Crippen LogP contribution >= 0.6 is 23.2 Å². The number of halogens is 2. The first-order chi connectivity index (χ1) is 15.9. The Morgan fingerprint density at radius 3 is 2.27 bits per heavy atom. The van der Waals surface area contributed by atoms with Gasteiger partial charge in [-0.1, -0.05) is 29.3 Å². The second-order valence-electron chi connectivity index (χ2n) is 8.20. The van der Waals surface area contributed by atoms with E-state index in [0.717, 1.165) is 31.7 Å². The van der Waals surface area contributed by atoms with Gasteiger partial charge in [0, 0.05) is 35.2 Å². The van der Waals surface area contributed by atoms with Crippen LogP contribution in [0.1, 0.15) is 12.8 Å². The van der Waals surface area contributed by atoms with Crippen LogP contribution in [0.15, 0.2) is 42.5 Å². The van der Waals surface area contributed by atoms with Gasteiger partial charge in [-0.25, -0.2) is 0 Å². The van der Waals surface area contributed by atoms with E-state index in [4.69, 9.17) is 37.4 Å². The number of β-amino-alcohol motifs (C(OH)–C–C–N with tert-alkyl or cyclic N) is 1. The molecule has 2 aromatic rings. The smallest absolute Gasteiger partial charge is 0.123 e. The average Bonchev–Trinajstić information content (AvgIpc) is 2.80. The molecule has 1 aliphatic heterocycles. The molecule has 2 atom stereocenters. The molecule has 0 unspecified atom stereocenters. The molecule has 0 aliphatic carbocycles. The number of nitrogens with zero attached hydrogens (tertiary/aromatic N) is 1. The number of rotatable bonds is 12. The van der Waals surface area contributed by atoms with Crippen LogP contribution in [0.4, 0.5) is 0 Å². The van der Waals surface area contributed by atoms with Crippen LogP contribution in [0.2, 0.25) is 10.0 Å². The molecule has 0 radical (unpaired) electrons. The molecule has 1 aliphatic rings. The molecule has 0 bridgehead atoms. The molecule has 7 nitrogen and oxygen atoms in total. The normalized spacial score (nSPS) is 16.9. The molecule has 0 aromatic heterocycles.